The van der Waals surface area contributed by atoms with E-state index in [1.807, 2.05) is 0 Å². The SMILES string of the molecule is C[C@@H](NC(=O)c1cn2c(c(O)c1=O)C(=O)N1[C@H]3CC[C@H](C3)O[C@H]1C2)c1ccc(F)cc1F. The molecule has 2 bridgehead atoms. The van der Waals surface area contributed by atoms with E-state index < -0.39 is 46.9 Å². The maximum Gasteiger partial charge on any atom is 0.276 e. The fourth-order valence-corrected chi connectivity index (χ4v) is 4.92. The smallest absolute Gasteiger partial charge is 0.276 e. The van der Waals surface area contributed by atoms with Crippen LogP contribution < -0.4 is 10.7 Å². The average Bonchev–Trinajstić information content (AvgIpc) is 3.11. The van der Waals surface area contributed by atoms with Crippen molar-refractivity contribution in [3.8, 4) is 5.75 Å². The highest BCUT2D eigenvalue weighted by Crippen LogP contribution is 2.38. The number of fused-ring (bicyclic) bond motifs is 5. The summed E-state index contributed by atoms with van der Waals surface area (Å²) in [5.74, 6) is -3.75. The van der Waals surface area contributed by atoms with Crippen LogP contribution in [0.25, 0.3) is 0 Å². The molecule has 1 saturated heterocycles. The molecule has 0 spiro atoms. The minimum absolute atomic E-state index is 0.00364. The number of halogens is 2. The lowest BCUT2D eigenvalue weighted by Gasteiger charge is -2.44. The van der Waals surface area contributed by atoms with Crippen molar-refractivity contribution in [2.24, 2.45) is 0 Å². The van der Waals surface area contributed by atoms with Crippen molar-refractivity contribution in [1.82, 2.24) is 14.8 Å². The van der Waals surface area contributed by atoms with E-state index in [0.717, 1.165) is 25.3 Å². The lowest BCUT2D eigenvalue weighted by molar-refractivity contribution is -0.132. The molecule has 2 amide bonds. The van der Waals surface area contributed by atoms with Gasteiger partial charge in [-0.1, -0.05) is 6.07 Å². The van der Waals surface area contributed by atoms with Crippen LogP contribution in [-0.2, 0) is 11.3 Å². The van der Waals surface area contributed by atoms with Gasteiger partial charge in [0.1, 0.15) is 17.2 Å². The fraction of sp³-hybridized carbons (Fsp3) is 0.409. The van der Waals surface area contributed by atoms with E-state index in [-0.39, 0.29) is 35.5 Å². The van der Waals surface area contributed by atoms with Crippen molar-refractivity contribution in [3.05, 3.63) is 63.1 Å². The molecule has 2 fully saturated rings. The van der Waals surface area contributed by atoms with Crippen molar-refractivity contribution < 1.29 is 28.2 Å². The van der Waals surface area contributed by atoms with Crippen LogP contribution in [0.3, 0.4) is 0 Å². The molecule has 4 atom stereocenters. The summed E-state index contributed by atoms with van der Waals surface area (Å²) in [7, 11) is 0. The van der Waals surface area contributed by atoms with Gasteiger partial charge >= 0.3 is 0 Å². The molecule has 32 heavy (non-hydrogen) atoms. The number of amides is 2. The molecule has 168 valence electrons. The predicted molar refractivity (Wildman–Crippen MR) is 107 cm³/mol. The Hall–Kier alpha value is -3.27. The number of pyridine rings is 1. The van der Waals surface area contributed by atoms with E-state index in [9.17, 15) is 28.3 Å². The Kier molecular flexibility index (Phi) is 4.77. The number of benzene rings is 1. The fourth-order valence-electron chi connectivity index (χ4n) is 4.92. The third kappa shape index (κ3) is 3.17. The molecule has 2 N–H and O–H groups in total. The normalized spacial score (nSPS) is 24.7. The second kappa shape index (κ2) is 7.40. The van der Waals surface area contributed by atoms with Gasteiger partial charge in [0, 0.05) is 23.9 Å². The van der Waals surface area contributed by atoms with Crippen molar-refractivity contribution in [2.75, 3.05) is 0 Å². The monoisotopic (exact) mass is 445 g/mol. The van der Waals surface area contributed by atoms with Crippen LogP contribution in [0.15, 0.2) is 29.2 Å². The molecule has 0 unspecified atom stereocenters. The maximum absolute atomic E-state index is 14.0. The molecule has 1 aromatic heterocycles. The second-order valence-corrected chi connectivity index (χ2v) is 8.47. The second-order valence-electron chi connectivity index (χ2n) is 8.47. The summed E-state index contributed by atoms with van der Waals surface area (Å²) in [6.07, 6.45) is 3.12. The van der Waals surface area contributed by atoms with Gasteiger partial charge in [0.05, 0.1) is 18.7 Å². The number of ether oxygens (including phenoxy) is 1. The van der Waals surface area contributed by atoms with Crippen LogP contribution in [0.5, 0.6) is 5.75 Å². The standard InChI is InChI=1S/C22H21F2N3O5/c1-10(14-5-2-11(23)6-16(14)24)25-21(30)15-8-26-9-17-27(12-3-4-13(7-12)32-17)22(31)18(26)20(29)19(15)28/h2,5-6,8,10,12-13,17,29H,3-4,7,9H2,1H3,(H,25,30)/t10-,12+,13-,17+/m1/s1. The zero-order valence-electron chi connectivity index (χ0n) is 17.2. The lowest BCUT2D eigenvalue weighted by atomic mass is 10.1. The van der Waals surface area contributed by atoms with E-state index in [4.69, 9.17) is 4.74 Å². The Bertz CT molecular complexity index is 1200. The number of carbonyl (C=O) groups excluding carboxylic acids is 2. The predicted octanol–water partition coefficient (Wildman–Crippen LogP) is 2.06. The topological polar surface area (TPSA) is 101 Å². The van der Waals surface area contributed by atoms with Crippen molar-refractivity contribution in [2.45, 2.75) is 57.1 Å². The van der Waals surface area contributed by atoms with Gasteiger partial charge in [0.2, 0.25) is 5.43 Å². The first kappa shape index (κ1) is 20.6. The average molecular weight is 445 g/mol. The summed E-state index contributed by atoms with van der Waals surface area (Å²) in [5.41, 5.74) is -1.51. The minimum Gasteiger partial charge on any atom is -0.503 e. The van der Waals surface area contributed by atoms with Gasteiger partial charge in [0.25, 0.3) is 11.8 Å². The Morgan fingerprint density at radius 3 is 2.81 bits per heavy atom. The lowest BCUT2D eigenvalue weighted by Crippen LogP contribution is -2.57. The summed E-state index contributed by atoms with van der Waals surface area (Å²) < 4.78 is 34.5. The summed E-state index contributed by atoms with van der Waals surface area (Å²) in [6, 6.07) is 2.10. The largest absolute Gasteiger partial charge is 0.503 e. The number of nitrogens with one attached hydrogen (secondary N) is 1. The van der Waals surface area contributed by atoms with Gasteiger partial charge in [-0.25, -0.2) is 8.78 Å². The first-order chi connectivity index (χ1) is 15.2. The molecule has 2 aliphatic heterocycles. The molecule has 1 aromatic carbocycles. The van der Waals surface area contributed by atoms with Crippen LogP contribution >= 0.6 is 0 Å². The number of hydrogen-bond donors (Lipinski definition) is 2. The van der Waals surface area contributed by atoms with Gasteiger partial charge in [0.15, 0.2) is 17.7 Å². The maximum atomic E-state index is 14.0. The number of nitrogens with zero attached hydrogens (tertiary/aromatic N) is 2. The van der Waals surface area contributed by atoms with Crippen molar-refractivity contribution >= 4 is 11.8 Å². The van der Waals surface area contributed by atoms with E-state index in [1.54, 1.807) is 4.90 Å². The van der Waals surface area contributed by atoms with E-state index in [2.05, 4.69) is 5.32 Å². The summed E-state index contributed by atoms with van der Waals surface area (Å²) >= 11 is 0. The third-order valence-electron chi connectivity index (χ3n) is 6.48. The van der Waals surface area contributed by atoms with Crippen LogP contribution in [-0.4, -0.2) is 44.8 Å². The number of hydrogen-bond acceptors (Lipinski definition) is 5. The van der Waals surface area contributed by atoms with Gasteiger partial charge in [-0.2, -0.15) is 0 Å². The zero-order chi connectivity index (χ0) is 22.7. The molecule has 8 nitrogen and oxygen atoms in total. The van der Waals surface area contributed by atoms with Crippen LogP contribution in [0.4, 0.5) is 8.78 Å². The Morgan fingerprint density at radius 2 is 2.06 bits per heavy atom. The van der Waals surface area contributed by atoms with Gasteiger partial charge in [-0.15, -0.1) is 0 Å². The molecule has 1 saturated carbocycles. The highest BCUT2D eigenvalue weighted by molar-refractivity contribution is 5.99. The zero-order valence-corrected chi connectivity index (χ0v) is 17.2. The summed E-state index contributed by atoms with van der Waals surface area (Å²) in [4.78, 5) is 40.2. The van der Waals surface area contributed by atoms with Crippen LogP contribution in [0.1, 0.15) is 58.6 Å². The van der Waals surface area contributed by atoms with E-state index in [0.29, 0.717) is 6.07 Å². The van der Waals surface area contributed by atoms with E-state index in [1.165, 1.54) is 23.8 Å². The van der Waals surface area contributed by atoms with Gasteiger partial charge in [-0.3, -0.25) is 14.4 Å². The Balaban J connectivity index is 1.46. The molecule has 3 aliphatic rings. The van der Waals surface area contributed by atoms with Crippen LogP contribution in [0.2, 0.25) is 0 Å². The first-order valence-corrected chi connectivity index (χ1v) is 10.4. The highest BCUT2D eigenvalue weighted by atomic mass is 19.1. The Labute approximate surface area is 181 Å². The molecule has 0 radical (unpaired) electrons. The number of aromatic hydroxyl groups is 1. The van der Waals surface area contributed by atoms with Crippen molar-refractivity contribution in [1.29, 1.82) is 0 Å². The first-order valence-electron chi connectivity index (χ1n) is 10.4. The molecule has 3 heterocycles. The van der Waals surface area contributed by atoms with Crippen LogP contribution in [0, 0.1) is 11.6 Å². The Morgan fingerprint density at radius 1 is 1.28 bits per heavy atom. The quantitative estimate of drug-likeness (QED) is 0.753. The highest BCUT2D eigenvalue weighted by Gasteiger charge is 2.47. The van der Waals surface area contributed by atoms with E-state index >= 15 is 0 Å². The summed E-state index contributed by atoms with van der Waals surface area (Å²) in [5, 5.41) is 13.0. The molecule has 1 aliphatic carbocycles. The van der Waals surface area contributed by atoms with Gasteiger partial charge < -0.3 is 24.6 Å². The summed E-state index contributed by atoms with van der Waals surface area (Å²) in [6.45, 7) is 1.65. The number of rotatable bonds is 3. The minimum atomic E-state index is -0.991. The van der Waals surface area contributed by atoms with Crippen molar-refractivity contribution in [3.63, 3.8) is 0 Å². The molecular weight excluding hydrogens is 424 g/mol. The number of carbonyl (C=O) groups is 2. The molecule has 10 heteroatoms. The molecule has 2 aromatic rings. The number of aromatic nitrogens is 1. The molecule has 5 rings (SSSR count). The molecular formula is C22H21F2N3O5. The van der Waals surface area contributed by atoms with Gasteiger partial charge in [-0.05, 0) is 32.3 Å². The third-order valence-corrected chi connectivity index (χ3v) is 6.48.